The fraction of sp³-hybridized carbons (Fsp3) is 0.214. The van der Waals surface area contributed by atoms with E-state index in [-0.39, 0.29) is 34.9 Å². The number of rotatable bonds is 3. The van der Waals surface area contributed by atoms with E-state index in [1.165, 1.54) is 24.3 Å². The molecule has 2 aliphatic rings. The summed E-state index contributed by atoms with van der Waals surface area (Å²) in [7, 11) is 1.55. The lowest BCUT2D eigenvalue weighted by atomic mass is 9.78. The Morgan fingerprint density at radius 1 is 0.973 bits per heavy atom. The van der Waals surface area contributed by atoms with Crippen LogP contribution in [0, 0.1) is 5.82 Å². The molecule has 1 N–H and O–H groups in total. The van der Waals surface area contributed by atoms with Crippen molar-refractivity contribution in [3.05, 3.63) is 101 Å². The number of allylic oxidation sites excluding steroid dienone is 1. The largest absolute Gasteiger partial charge is 0.497 e. The second kappa shape index (κ2) is 9.38. The normalized spacial score (nSPS) is 19.5. The highest BCUT2D eigenvalue weighted by Gasteiger charge is 2.50. The second-order valence-corrected chi connectivity index (χ2v) is 8.97. The molecule has 0 bridgehead atoms. The molecule has 5 nitrogen and oxygen atoms in total. The predicted octanol–water partition coefficient (Wildman–Crippen LogP) is 6.30. The number of hydrogen-bond acceptors (Lipinski definition) is 4. The molecule has 0 radical (unpaired) electrons. The van der Waals surface area contributed by atoms with Gasteiger partial charge in [0.2, 0.25) is 0 Å². The van der Waals surface area contributed by atoms with Gasteiger partial charge in [-0.2, -0.15) is 13.2 Å². The van der Waals surface area contributed by atoms with E-state index >= 15 is 0 Å². The summed E-state index contributed by atoms with van der Waals surface area (Å²) in [6.07, 6.45) is -4.91. The first-order chi connectivity index (χ1) is 17.7. The van der Waals surface area contributed by atoms with Crippen LogP contribution in [0.2, 0.25) is 0 Å². The Morgan fingerprint density at radius 2 is 1.70 bits per heavy atom. The minimum Gasteiger partial charge on any atom is -0.497 e. The van der Waals surface area contributed by atoms with Crippen molar-refractivity contribution in [3.63, 3.8) is 0 Å². The predicted molar refractivity (Wildman–Crippen MR) is 130 cm³/mol. The fourth-order valence-corrected chi connectivity index (χ4v) is 5.05. The molecule has 37 heavy (non-hydrogen) atoms. The third-order valence-electron chi connectivity index (χ3n) is 6.70. The van der Waals surface area contributed by atoms with Gasteiger partial charge in [-0.1, -0.05) is 36.4 Å². The van der Waals surface area contributed by atoms with E-state index in [1.807, 2.05) is 12.1 Å². The van der Waals surface area contributed by atoms with Crippen molar-refractivity contribution in [2.24, 2.45) is 0 Å². The van der Waals surface area contributed by atoms with Crippen LogP contribution in [0.1, 0.15) is 35.9 Å². The number of carbonyl (C=O) groups is 2. The van der Waals surface area contributed by atoms with Crippen molar-refractivity contribution in [1.82, 2.24) is 0 Å². The summed E-state index contributed by atoms with van der Waals surface area (Å²) in [5, 5.41) is 3.14. The number of para-hydroxylation sites is 2. The van der Waals surface area contributed by atoms with Gasteiger partial charge in [-0.05, 0) is 59.9 Å². The van der Waals surface area contributed by atoms with Gasteiger partial charge in [-0.15, -0.1) is 0 Å². The Hall–Kier alpha value is -4.14. The molecule has 0 fully saturated rings. The highest BCUT2D eigenvalue weighted by molar-refractivity contribution is 6.07. The SMILES string of the molecule is COc1ccc([C@H]2CC(=O)C3=C(C2)Nc2ccccc2N(C(=O)C(F)(F)F)[C@@H]3c2cccc(F)c2)cc1. The van der Waals surface area contributed by atoms with Crippen LogP contribution in [0.3, 0.4) is 0 Å². The van der Waals surface area contributed by atoms with E-state index in [9.17, 15) is 27.2 Å². The summed E-state index contributed by atoms with van der Waals surface area (Å²) in [5.41, 5.74) is 1.54. The number of carbonyl (C=O) groups excluding carboxylic acids is 2. The zero-order valence-corrected chi connectivity index (χ0v) is 19.7. The standard InChI is InChI=1S/C28H22F4N2O3/c1-37-20-11-9-16(10-12-20)18-14-22-25(24(35)15-18)26(17-5-4-6-19(29)13-17)34(27(36)28(30,31)32)23-8-3-2-7-21(23)33-22/h2-13,18,26,33H,14-15H2,1H3/t18-,26-/m1/s1. The fourth-order valence-electron chi connectivity index (χ4n) is 5.05. The molecular weight excluding hydrogens is 488 g/mol. The summed E-state index contributed by atoms with van der Waals surface area (Å²) < 4.78 is 61.2. The van der Waals surface area contributed by atoms with Crippen molar-refractivity contribution in [3.8, 4) is 5.75 Å². The van der Waals surface area contributed by atoms with Crippen molar-refractivity contribution >= 4 is 23.1 Å². The Morgan fingerprint density at radius 3 is 2.38 bits per heavy atom. The van der Waals surface area contributed by atoms with E-state index in [0.29, 0.717) is 22.8 Å². The summed E-state index contributed by atoms with van der Waals surface area (Å²) in [4.78, 5) is 27.1. The van der Waals surface area contributed by atoms with Gasteiger partial charge in [-0.3, -0.25) is 14.5 Å². The van der Waals surface area contributed by atoms with Crippen molar-refractivity contribution in [2.45, 2.75) is 31.0 Å². The molecule has 3 aromatic rings. The van der Waals surface area contributed by atoms with E-state index in [0.717, 1.165) is 17.7 Å². The summed E-state index contributed by atoms with van der Waals surface area (Å²) >= 11 is 0. The van der Waals surface area contributed by atoms with Crippen molar-refractivity contribution in [2.75, 3.05) is 17.3 Å². The lowest BCUT2D eigenvalue weighted by molar-refractivity contribution is -0.170. The van der Waals surface area contributed by atoms with Crippen LogP contribution in [-0.2, 0) is 9.59 Å². The average molecular weight is 510 g/mol. The van der Waals surface area contributed by atoms with Gasteiger partial charge in [-0.25, -0.2) is 4.39 Å². The van der Waals surface area contributed by atoms with Crippen LogP contribution in [0.25, 0.3) is 0 Å². The molecule has 0 saturated carbocycles. The number of methoxy groups -OCH3 is 1. The van der Waals surface area contributed by atoms with Crippen LogP contribution >= 0.6 is 0 Å². The van der Waals surface area contributed by atoms with Gasteiger partial charge in [0.15, 0.2) is 5.78 Å². The first kappa shape index (κ1) is 24.5. The van der Waals surface area contributed by atoms with E-state index in [2.05, 4.69) is 5.32 Å². The van der Waals surface area contributed by atoms with Crippen LogP contribution in [0.4, 0.5) is 28.9 Å². The molecule has 0 aromatic heterocycles. The van der Waals surface area contributed by atoms with Crippen molar-refractivity contribution < 1.29 is 31.9 Å². The van der Waals surface area contributed by atoms with Crippen molar-refractivity contribution in [1.29, 1.82) is 0 Å². The van der Waals surface area contributed by atoms with Crippen LogP contribution < -0.4 is 15.0 Å². The maximum absolute atomic E-state index is 14.3. The topological polar surface area (TPSA) is 58.6 Å². The molecule has 1 heterocycles. The quantitative estimate of drug-likeness (QED) is 0.421. The number of Topliss-reactive ketones (excluding diaryl/α,β-unsaturated/α-hetero) is 1. The van der Waals surface area contributed by atoms with E-state index < -0.39 is 29.7 Å². The maximum atomic E-state index is 14.3. The highest BCUT2D eigenvalue weighted by atomic mass is 19.4. The van der Waals surface area contributed by atoms with Gasteiger partial charge in [0, 0.05) is 17.7 Å². The number of nitrogens with zero attached hydrogens (tertiary/aromatic N) is 1. The molecule has 0 spiro atoms. The van der Waals surface area contributed by atoms with Gasteiger partial charge in [0.25, 0.3) is 0 Å². The summed E-state index contributed by atoms with van der Waals surface area (Å²) in [5.74, 6) is -2.86. The number of anilines is 2. The first-order valence-corrected chi connectivity index (χ1v) is 11.6. The number of amides is 1. The molecule has 190 valence electrons. The first-order valence-electron chi connectivity index (χ1n) is 11.6. The lowest BCUT2D eigenvalue weighted by Gasteiger charge is -2.35. The van der Waals surface area contributed by atoms with Gasteiger partial charge >= 0.3 is 12.1 Å². The molecule has 9 heteroatoms. The molecule has 1 aliphatic heterocycles. The van der Waals surface area contributed by atoms with Crippen LogP contribution in [0.5, 0.6) is 5.75 Å². The Bertz CT molecular complexity index is 1400. The summed E-state index contributed by atoms with van der Waals surface area (Å²) in [6.45, 7) is 0. The molecule has 0 saturated heterocycles. The number of alkyl halides is 3. The molecule has 1 aliphatic carbocycles. The molecule has 2 atom stereocenters. The molecular formula is C28H22F4N2O3. The summed E-state index contributed by atoms with van der Waals surface area (Å²) in [6, 6.07) is 16.8. The van der Waals surface area contributed by atoms with Gasteiger partial charge < -0.3 is 10.1 Å². The number of benzene rings is 3. The Kier molecular flexibility index (Phi) is 6.23. The second-order valence-electron chi connectivity index (χ2n) is 8.97. The van der Waals surface area contributed by atoms with Gasteiger partial charge in [0.05, 0.1) is 24.5 Å². The van der Waals surface area contributed by atoms with Gasteiger partial charge in [0.1, 0.15) is 11.6 Å². The number of hydrogen-bond donors (Lipinski definition) is 1. The molecule has 3 aromatic carbocycles. The van der Waals surface area contributed by atoms with E-state index in [1.54, 1.807) is 31.4 Å². The van der Waals surface area contributed by atoms with Crippen LogP contribution in [0.15, 0.2) is 84.1 Å². The highest BCUT2D eigenvalue weighted by Crippen LogP contribution is 2.48. The number of ether oxygens (including phenoxy) is 1. The number of nitrogens with one attached hydrogen (secondary N) is 1. The minimum atomic E-state index is -5.23. The smallest absolute Gasteiger partial charge is 0.471 e. The van der Waals surface area contributed by atoms with Crippen LogP contribution in [-0.4, -0.2) is 25.0 Å². The number of fused-ring (bicyclic) bond motifs is 1. The molecule has 1 amide bonds. The molecule has 5 rings (SSSR count). The lowest BCUT2D eigenvalue weighted by Crippen LogP contribution is -2.45. The third kappa shape index (κ3) is 4.57. The number of halogens is 4. The number of ketones is 1. The Balaban J connectivity index is 1.70. The zero-order chi connectivity index (χ0) is 26.3. The third-order valence-corrected chi connectivity index (χ3v) is 6.70. The van der Waals surface area contributed by atoms with E-state index in [4.69, 9.17) is 4.74 Å². The Labute approximate surface area is 210 Å². The minimum absolute atomic E-state index is 0.0169. The zero-order valence-electron chi connectivity index (χ0n) is 19.7. The molecule has 0 unspecified atom stereocenters. The average Bonchev–Trinajstić information content (AvgIpc) is 3.02. The maximum Gasteiger partial charge on any atom is 0.471 e. The monoisotopic (exact) mass is 510 g/mol.